The van der Waals surface area contributed by atoms with E-state index in [0.29, 0.717) is 35.4 Å². The van der Waals surface area contributed by atoms with Crippen LogP contribution in [0.15, 0.2) is 59.9 Å². The maximum Gasteiger partial charge on any atom is 0.164 e. The quantitative estimate of drug-likeness (QED) is 0.522. The lowest BCUT2D eigenvalue weighted by Gasteiger charge is -2.31. The summed E-state index contributed by atoms with van der Waals surface area (Å²) in [6.45, 7) is 3.31. The SMILES string of the molecule is COc1cc2c(cc1OC)C1=NOC(CN3CC=C(c4c[nH]c5c4C4CC4(C4C=CC=CC4)C=C5)CC3)C1CO2. The van der Waals surface area contributed by atoms with Crippen LogP contribution in [0, 0.1) is 17.3 Å². The van der Waals surface area contributed by atoms with Gasteiger partial charge in [-0.2, -0.15) is 0 Å². The molecule has 1 aromatic carbocycles. The number of fused-ring (bicyclic) bond motifs is 6. The molecule has 1 N–H and O–H groups in total. The highest BCUT2D eigenvalue weighted by Crippen LogP contribution is 2.69. The molecule has 0 amide bonds. The number of aromatic nitrogens is 1. The molecule has 1 fully saturated rings. The summed E-state index contributed by atoms with van der Waals surface area (Å²) in [7, 11) is 3.28. The topological polar surface area (TPSA) is 68.3 Å². The summed E-state index contributed by atoms with van der Waals surface area (Å²) in [6, 6.07) is 3.82. The molecule has 8 rings (SSSR count). The highest BCUT2D eigenvalue weighted by molar-refractivity contribution is 6.06. The van der Waals surface area contributed by atoms with Crippen LogP contribution < -0.4 is 14.2 Å². The van der Waals surface area contributed by atoms with Gasteiger partial charge < -0.3 is 24.0 Å². The predicted octanol–water partition coefficient (Wildman–Crippen LogP) is 5.57. The molecule has 0 radical (unpaired) electrons. The van der Waals surface area contributed by atoms with Gasteiger partial charge in [0.25, 0.3) is 0 Å². The molecule has 0 spiro atoms. The molecule has 5 atom stereocenters. The summed E-state index contributed by atoms with van der Waals surface area (Å²) in [5.74, 6) is 3.44. The summed E-state index contributed by atoms with van der Waals surface area (Å²) in [5, 5.41) is 4.52. The maximum absolute atomic E-state index is 6.14. The van der Waals surface area contributed by atoms with Crippen LogP contribution in [0.5, 0.6) is 17.2 Å². The van der Waals surface area contributed by atoms with Gasteiger partial charge in [-0.05, 0) is 59.9 Å². The van der Waals surface area contributed by atoms with Crippen molar-refractivity contribution in [3.05, 3.63) is 77.2 Å². The molecule has 1 aromatic heterocycles. The first-order valence-electron chi connectivity index (χ1n) is 14.5. The Morgan fingerprint density at radius 1 is 1.15 bits per heavy atom. The van der Waals surface area contributed by atoms with E-state index in [2.05, 4.69) is 63.8 Å². The monoisotopic (exact) mass is 537 g/mol. The van der Waals surface area contributed by atoms with Crippen molar-refractivity contribution in [1.82, 2.24) is 9.88 Å². The van der Waals surface area contributed by atoms with Gasteiger partial charge in [-0.25, -0.2) is 0 Å². The van der Waals surface area contributed by atoms with Gasteiger partial charge in [-0.1, -0.05) is 41.6 Å². The van der Waals surface area contributed by atoms with E-state index in [0.717, 1.165) is 49.5 Å². The van der Waals surface area contributed by atoms with E-state index in [4.69, 9.17) is 19.0 Å². The minimum absolute atomic E-state index is 0.0268. The molecule has 206 valence electrons. The Morgan fingerprint density at radius 3 is 2.85 bits per heavy atom. The molecule has 6 aliphatic rings. The van der Waals surface area contributed by atoms with E-state index in [1.54, 1.807) is 19.8 Å². The van der Waals surface area contributed by atoms with Gasteiger partial charge in [0, 0.05) is 48.6 Å². The lowest BCUT2D eigenvalue weighted by atomic mass is 9.77. The van der Waals surface area contributed by atoms with Gasteiger partial charge in [-0.15, -0.1) is 0 Å². The first-order chi connectivity index (χ1) is 19.7. The molecule has 0 saturated heterocycles. The number of benzene rings is 1. The van der Waals surface area contributed by atoms with E-state index in [-0.39, 0.29) is 12.0 Å². The van der Waals surface area contributed by atoms with Gasteiger partial charge in [0.1, 0.15) is 18.1 Å². The molecular formula is C33H35N3O4. The molecule has 40 heavy (non-hydrogen) atoms. The van der Waals surface area contributed by atoms with E-state index in [9.17, 15) is 0 Å². The van der Waals surface area contributed by atoms with E-state index in [1.807, 2.05) is 12.1 Å². The molecule has 7 nitrogen and oxygen atoms in total. The van der Waals surface area contributed by atoms with Crippen LogP contribution in [0.3, 0.4) is 0 Å². The standard InChI is InChI=1S/C33H35N3O4/c1-37-28-14-22-27(15-29(28)38-2)39-19-24-30(40-35-32(22)24)18-36-12-9-20(10-13-36)23-17-34-26-8-11-33(16-25(33)31(23)26)21-6-4-3-5-7-21/h3-6,8-9,11,14-15,17,21,24-25,30,34H,7,10,12-13,16,18-19H2,1-2H3. The van der Waals surface area contributed by atoms with E-state index >= 15 is 0 Å². The van der Waals surface area contributed by atoms with Crippen molar-refractivity contribution >= 4 is 17.4 Å². The molecule has 5 unspecified atom stereocenters. The minimum atomic E-state index is -0.0268. The first kappa shape index (κ1) is 24.1. The molecule has 0 bridgehead atoms. The second kappa shape index (κ2) is 9.16. The van der Waals surface area contributed by atoms with Crippen LogP contribution in [-0.4, -0.2) is 62.2 Å². The Labute approximate surface area is 234 Å². The van der Waals surface area contributed by atoms with Crippen LogP contribution in [0.1, 0.15) is 47.6 Å². The number of methoxy groups -OCH3 is 2. The molecular weight excluding hydrogens is 502 g/mol. The zero-order chi connectivity index (χ0) is 26.8. The largest absolute Gasteiger partial charge is 0.493 e. The van der Waals surface area contributed by atoms with Gasteiger partial charge >= 0.3 is 0 Å². The molecule has 4 heterocycles. The Bertz CT molecular complexity index is 1510. The highest BCUT2D eigenvalue weighted by atomic mass is 16.6. The maximum atomic E-state index is 6.14. The fourth-order valence-electron chi connectivity index (χ4n) is 7.60. The molecule has 2 aromatic rings. The van der Waals surface area contributed by atoms with Gasteiger partial charge in [0.15, 0.2) is 17.6 Å². The van der Waals surface area contributed by atoms with Crippen LogP contribution in [0.2, 0.25) is 0 Å². The van der Waals surface area contributed by atoms with Crippen LogP contribution in [-0.2, 0) is 4.84 Å². The number of nitrogens with one attached hydrogen (secondary N) is 1. The van der Waals surface area contributed by atoms with E-state index in [1.165, 1.54) is 23.3 Å². The van der Waals surface area contributed by atoms with Crippen LogP contribution in [0.4, 0.5) is 0 Å². The van der Waals surface area contributed by atoms with Crippen LogP contribution >= 0.6 is 0 Å². The molecule has 3 aliphatic carbocycles. The third-order valence-electron chi connectivity index (χ3n) is 9.92. The summed E-state index contributed by atoms with van der Waals surface area (Å²) < 4.78 is 17.1. The number of rotatable bonds is 6. The van der Waals surface area contributed by atoms with Crippen molar-refractivity contribution in [1.29, 1.82) is 0 Å². The Hall–Kier alpha value is -3.71. The van der Waals surface area contributed by atoms with Crippen molar-refractivity contribution in [2.45, 2.75) is 31.3 Å². The average Bonchev–Trinajstić information content (AvgIpc) is 3.39. The number of ether oxygens (including phenoxy) is 3. The smallest absolute Gasteiger partial charge is 0.164 e. The normalized spacial score (nSPS) is 31.1. The van der Waals surface area contributed by atoms with Crippen LogP contribution in [0.25, 0.3) is 11.6 Å². The second-order valence-corrected chi connectivity index (χ2v) is 11.9. The van der Waals surface area contributed by atoms with Crippen molar-refractivity contribution in [3.8, 4) is 17.2 Å². The number of nitrogens with zero attached hydrogens (tertiary/aromatic N) is 2. The minimum Gasteiger partial charge on any atom is -0.493 e. The zero-order valence-electron chi connectivity index (χ0n) is 23.1. The summed E-state index contributed by atoms with van der Waals surface area (Å²) in [5.41, 5.74) is 7.95. The number of aromatic amines is 1. The van der Waals surface area contributed by atoms with Gasteiger partial charge in [0.2, 0.25) is 0 Å². The first-order valence-corrected chi connectivity index (χ1v) is 14.5. The third kappa shape index (κ3) is 3.63. The Morgan fingerprint density at radius 2 is 2.05 bits per heavy atom. The van der Waals surface area contributed by atoms with E-state index < -0.39 is 0 Å². The van der Waals surface area contributed by atoms with Gasteiger partial charge in [-0.3, -0.25) is 4.90 Å². The Kier molecular flexibility index (Phi) is 5.53. The Balaban J connectivity index is 0.954. The number of oxime groups is 1. The van der Waals surface area contributed by atoms with Crippen molar-refractivity contribution in [3.63, 3.8) is 0 Å². The fraction of sp³-hybridized carbons (Fsp3) is 0.424. The summed E-state index contributed by atoms with van der Waals surface area (Å²) in [4.78, 5) is 12.1. The number of hydrogen-bond acceptors (Lipinski definition) is 6. The lowest BCUT2D eigenvalue weighted by molar-refractivity contribution is 0.0236. The lowest BCUT2D eigenvalue weighted by Crippen LogP contribution is -2.42. The number of hydrogen-bond donors (Lipinski definition) is 1. The summed E-state index contributed by atoms with van der Waals surface area (Å²) >= 11 is 0. The predicted molar refractivity (Wildman–Crippen MR) is 155 cm³/mol. The van der Waals surface area contributed by atoms with Gasteiger partial charge in [0.05, 0.1) is 20.1 Å². The summed E-state index contributed by atoms with van der Waals surface area (Å²) in [6.07, 6.45) is 22.1. The number of allylic oxidation sites excluding steroid dienone is 5. The fourth-order valence-corrected chi connectivity index (χ4v) is 7.60. The molecule has 7 heteroatoms. The zero-order valence-corrected chi connectivity index (χ0v) is 23.1. The van der Waals surface area contributed by atoms with Crippen molar-refractivity contribution < 1.29 is 19.0 Å². The van der Waals surface area contributed by atoms with Crippen molar-refractivity contribution in [2.24, 2.45) is 22.4 Å². The van der Waals surface area contributed by atoms with Crippen molar-refractivity contribution in [2.75, 3.05) is 40.5 Å². The third-order valence-corrected chi connectivity index (χ3v) is 9.92. The molecule has 1 saturated carbocycles. The average molecular weight is 538 g/mol. The highest BCUT2D eigenvalue weighted by Gasteiger charge is 2.59. The second-order valence-electron chi connectivity index (χ2n) is 11.9. The number of H-pyrrole nitrogens is 1. The molecule has 3 aliphatic heterocycles.